The number of amides is 2. The Hall–Kier alpha value is -2.60. The topological polar surface area (TPSA) is 80.6 Å². The van der Waals surface area contributed by atoms with Gasteiger partial charge in [-0.1, -0.05) is 26.0 Å². The van der Waals surface area contributed by atoms with Gasteiger partial charge in [-0.3, -0.25) is 9.59 Å². The number of furan rings is 1. The zero-order chi connectivity index (χ0) is 18.2. The van der Waals surface area contributed by atoms with Crippen LogP contribution in [-0.2, 0) is 20.9 Å². The molecule has 25 heavy (non-hydrogen) atoms. The standard InChI is InChI=1S/C19H24N2O4/c1-13(2)15-5-7-16(8-6-15)21-19(23)12-24-11-18(22)20-10-17-9-4-14(3)25-17/h4-9,13H,10-12H2,1-3H3,(H,20,22)(H,21,23). The van der Waals surface area contributed by atoms with Crippen LogP contribution in [0.2, 0.25) is 0 Å². The number of aryl methyl sites for hydroxylation is 1. The monoisotopic (exact) mass is 344 g/mol. The predicted molar refractivity (Wildman–Crippen MR) is 95.3 cm³/mol. The molecule has 0 atom stereocenters. The van der Waals surface area contributed by atoms with Crippen LogP contribution in [0.5, 0.6) is 0 Å². The molecule has 1 heterocycles. The number of carbonyl (C=O) groups excluding carboxylic acids is 2. The quantitative estimate of drug-likeness (QED) is 0.771. The Morgan fingerprint density at radius 1 is 1.04 bits per heavy atom. The highest BCUT2D eigenvalue weighted by atomic mass is 16.5. The van der Waals surface area contributed by atoms with Gasteiger partial charge in [-0.25, -0.2) is 0 Å². The highest BCUT2D eigenvalue weighted by Gasteiger charge is 2.07. The molecule has 0 radical (unpaired) electrons. The molecule has 1 aromatic carbocycles. The van der Waals surface area contributed by atoms with Crippen LogP contribution in [0.3, 0.4) is 0 Å². The van der Waals surface area contributed by atoms with Crippen molar-refractivity contribution in [1.29, 1.82) is 0 Å². The zero-order valence-corrected chi connectivity index (χ0v) is 14.8. The molecule has 2 amide bonds. The van der Waals surface area contributed by atoms with Crippen LogP contribution in [0.15, 0.2) is 40.8 Å². The van der Waals surface area contributed by atoms with Gasteiger partial charge in [0, 0.05) is 5.69 Å². The lowest BCUT2D eigenvalue weighted by atomic mass is 10.0. The highest BCUT2D eigenvalue weighted by Crippen LogP contribution is 2.17. The van der Waals surface area contributed by atoms with Gasteiger partial charge in [-0.2, -0.15) is 0 Å². The second kappa shape index (κ2) is 9.03. The summed E-state index contributed by atoms with van der Waals surface area (Å²) in [7, 11) is 0. The van der Waals surface area contributed by atoms with E-state index < -0.39 is 0 Å². The van der Waals surface area contributed by atoms with Crippen LogP contribution in [0.1, 0.15) is 36.8 Å². The van der Waals surface area contributed by atoms with E-state index in [4.69, 9.17) is 9.15 Å². The molecule has 2 aromatic rings. The molecular weight excluding hydrogens is 320 g/mol. The molecular formula is C19H24N2O4. The molecule has 0 saturated heterocycles. The van der Waals surface area contributed by atoms with Crippen molar-refractivity contribution >= 4 is 17.5 Å². The van der Waals surface area contributed by atoms with E-state index in [0.717, 1.165) is 5.76 Å². The fourth-order valence-corrected chi connectivity index (χ4v) is 2.20. The number of ether oxygens (including phenoxy) is 1. The van der Waals surface area contributed by atoms with E-state index >= 15 is 0 Å². The first kappa shape index (κ1) is 18.7. The minimum absolute atomic E-state index is 0.181. The molecule has 0 spiro atoms. The molecule has 0 aliphatic rings. The van der Waals surface area contributed by atoms with Gasteiger partial charge in [0.15, 0.2) is 0 Å². The van der Waals surface area contributed by atoms with Crippen molar-refractivity contribution in [3.05, 3.63) is 53.5 Å². The summed E-state index contributed by atoms with van der Waals surface area (Å²) in [6.07, 6.45) is 0. The highest BCUT2D eigenvalue weighted by molar-refractivity contribution is 5.91. The maximum Gasteiger partial charge on any atom is 0.250 e. The molecule has 6 nitrogen and oxygen atoms in total. The lowest BCUT2D eigenvalue weighted by molar-refractivity contribution is -0.128. The van der Waals surface area contributed by atoms with Gasteiger partial charge in [0.25, 0.3) is 0 Å². The summed E-state index contributed by atoms with van der Waals surface area (Å²) in [5.74, 6) is 1.30. The Kier molecular flexibility index (Phi) is 6.77. The Morgan fingerprint density at radius 3 is 2.32 bits per heavy atom. The summed E-state index contributed by atoms with van der Waals surface area (Å²) in [5.41, 5.74) is 1.91. The summed E-state index contributed by atoms with van der Waals surface area (Å²) in [6, 6.07) is 11.3. The number of hydrogen-bond donors (Lipinski definition) is 2. The van der Waals surface area contributed by atoms with Crippen LogP contribution < -0.4 is 10.6 Å². The summed E-state index contributed by atoms with van der Waals surface area (Å²) in [6.45, 7) is 5.99. The molecule has 134 valence electrons. The van der Waals surface area contributed by atoms with Gasteiger partial charge in [-0.05, 0) is 42.7 Å². The molecule has 0 saturated carbocycles. The summed E-state index contributed by atoms with van der Waals surface area (Å²) >= 11 is 0. The van der Waals surface area contributed by atoms with E-state index in [1.165, 1.54) is 5.56 Å². The first-order chi connectivity index (χ1) is 11.9. The van der Waals surface area contributed by atoms with Gasteiger partial charge in [0.05, 0.1) is 6.54 Å². The largest absolute Gasteiger partial charge is 0.465 e. The predicted octanol–water partition coefficient (Wildman–Crippen LogP) is 2.98. The number of nitrogens with one attached hydrogen (secondary N) is 2. The van der Waals surface area contributed by atoms with Crippen molar-refractivity contribution in [3.8, 4) is 0 Å². The van der Waals surface area contributed by atoms with Crippen molar-refractivity contribution in [2.24, 2.45) is 0 Å². The minimum atomic E-state index is -0.303. The fourth-order valence-electron chi connectivity index (χ4n) is 2.20. The Balaban J connectivity index is 1.65. The van der Waals surface area contributed by atoms with Crippen LogP contribution >= 0.6 is 0 Å². The number of benzene rings is 1. The minimum Gasteiger partial charge on any atom is -0.465 e. The molecule has 2 rings (SSSR count). The third-order valence-electron chi connectivity index (χ3n) is 3.58. The van der Waals surface area contributed by atoms with Crippen LogP contribution in [0.4, 0.5) is 5.69 Å². The second-order valence-corrected chi connectivity index (χ2v) is 6.11. The van der Waals surface area contributed by atoms with Gasteiger partial charge in [0.1, 0.15) is 24.7 Å². The molecule has 2 N–H and O–H groups in total. The van der Waals surface area contributed by atoms with Gasteiger partial charge in [0.2, 0.25) is 11.8 Å². The van der Waals surface area contributed by atoms with Gasteiger partial charge < -0.3 is 19.8 Å². The molecule has 6 heteroatoms. The summed E-state index contributed by atoms with van der Waals surface area (Å²) in [5, 5.41) is 5.39. The molecule has 1 aromatic heterocycles. The number of carbonyl (C=O) groups is 2. The first-order valence-corrected chi connectivity index (χ1v) is 8.23. The SMILES string of the molecule is Cc1ccc(CNC(=O)COCC(=O)Nc2ccc(C(C)C)cc2)o1. The number of anilines is 1. The third-order valence-corrected chi connectivity index (χ3v) is 3.58. The van der Waals surface area contributed by atoms with Crippen molar-refractivity contribution in [2.45, 2.75) is 33.2 Å². The van der Waals surface area contributed by atoms with Crippen molar-refractivity contribution in [3.63, 3.8) is 0 Å². The summed E-state index contributed by atoms with van der Waals surface area (Å²) in [4.78, 5) is 23.5. The van der Waals surface area contributed by atoms with Crippen molar-refractivity contribution < 1.29 is 18.7 Å². The summed E-state index contributed by atoms with van der Waals surface area (Å²) < 4.78 is 10.5. The Labute approximate surface area is 147 Å². The van der Waals surface area contributed by atoms with E-state index in [0.29, 0.717) is 23.9 Å². The van der Waals surface area contributed by atoms with E-state index in [2.05, 4.69) is 24.5 Å². The first-order valence-electron chi connectivity index (χ1n) is 8.23. The fraction of sp³-hybridized carbons (Fsp3) is 0.368. The third kappa shape index (κ3) is 6.43. The van der Waals surface area contributed by atoms with Crippen LogP contribution in [0.25, 0.3) is 0 Å². The lowest BCUT2D eigenvalue weighted by Gasteiger charge is -2.09. The maximum atomic E-state index is 11.8. The van der Waals surface area contributed by atoms with Crippen molar-refractivity contribution in [2.75, 3.05) is 18.5 Å². The van der Waals surface area contributed by atoms with E-state index in [-0.39, 0.29) is 25.0 Å². The van der Waals surface area contributed by atoms with Gasteiger partial charge in [-0.15, -0.1) is 0 Å². The lowest BCUT2D eigenvalue weighted by Crippen LogP contribution is -2.29. The smallest absolute Gasteiger partial charge is 0.250 e. The average Bonchev–Trinajstić information content (AvgIpc) is 2.99. The van der Waals surface area contributed by atoms with E-state index in [1.54, 1.807) is 6.07 Å². The van der Waals surface area contributed by atoms with Gasteiger partial charge >= 0.3 is 0 Å². The normalized spacial score (nSPS) is 10.7. The zero-order valence-electron chi connectivity index (χ0n) is 14.8. The number of hydrogen-bond acceptors (Lipinski definition) is 4. The Bertz CT molecular complexity index is 704. The molecule has 0 unspecified atom stereocenters. The van der Waals surface area contributed by atoms with Crippen LogP contribution in [0, 0.1) is 6.92 Å². The average molecular weight is 344 g/mol. The van der Waals surface area contributed by atoms with E-state index in [1.807, 2.05) is 37.3 Å². The van der Waals surface area contributed by atoms with E-state index in [9.17, 15) is 9.59 Å². The molecule has 0 aliphatic heterocycles. The number of rotatable bonds is 8. The molecule has 0 aliphatic carbocycles. The molecule has 0 bridgehead atoms. The van der Waals surface area contributed by atoms with Crippen molar-refractivity contribution in [1.82, 2.24) is 5.32 Å². The van der Waals surface area contributed by atoms with Crippen LogP contribution in [-0.4, -0.2) is 25.0 Å². The molecule has 0 fully saturated rings. The second-order valence-electron chi connectivity index (χ2n) is 6.11. The Morgan fingerprint density at radius 2 is 1.72 bits per heavy atom. The maximum absolute atomic E-state index is 11.8.